The topological polar surface area (TPSA) is 70.4 Å². The molecule has 25 heavy (non-hydrogen) atoms. The van der Waals surface area contributed by atoms with Gasteiger partial charge in [0.1, 0.15) is 5.75 Å². The fourth-order valence-electron chi connectivity index (χ4n) is 2.27. The number of methoxy groups -OCH3 is 1. The van der Waals surface area contributed by atoms with Crippen LogP contribution in [-0.4, -0.2) is 35.2 Å². The summed E-state index contributed by atoms with van der Waals surface area (Å²) in [5, 5.41) is 4.11. The van der Waals surface area contributed by atoms with Gasteiger partial charge in [-0.1, -0.05) is 12.1 Å². The lowest BCUT2D eigenvalue weighted by molar-refractivity contribution is 0.0474. The maximum atomic E-state index is 12.1. The van der Waals surface area contributed by atoms with Gasteiger partial charge < -0.3 is 9.47 Å². The van der Waals surface area contributed by atoms with Crippen LogP contribution in [0.2, 0.25) is 0 Å². The maximum Gasteiger partial charge on any atom is 0.338 e. The van der Waals surface area contributed by atoms with Crippen LogP contribution < -0.4 is 4.74 Å². The van der Waals surface area contributed by atoms with E-state index >= 15 is 0 Å². The number of benzene rings is 2. The molecular formula is C19H16N2O4. The van der Waals surface area contributed by atoms with Gasteiger partial charge in [-0.25, -0.2) is 9.48 Å². The van der Waals surface area contributed by atoms with E-state index in [2.05, 4.69) is 5.10 Å². The fraction of sp³-hybridized carbons (Fsp3) is 0.105. The van der Waals surface area contributed by atoms with Gasteiger partial charge in [-0.2, -0.15) is 5.10 Å². The van der Waals surface area contributed by atoms with Crippen molar-refractivity contribution < 1.29 is 19.1 Å². The van der Waals surface area contributed by atoms with E-state index < -0.39 is 5.97 Å². The monoisotopic (exact) mass is 336 g/mol. The number of ether oxygens (including phenoxy) is 2. The molecule has 0 N–H and O–H groups in total. The molecule has 0 radical (unpaired) electrons. The standard InChI is InChI=1S/C19H16N2O4/c1-24-17-5-2-4-15(12-17)18(22)13-25-19(23)14-6-8-16(9-7-14)21-11-3-10-20-21/h2-12H,13H2,1H3. The summed E-state index contributed by atoms with van der Waals surface area (Å²) in [7, 11) is 1.52. The second-order valence-electron chi connectivity index (χ2n) is 5.23. The average Bonchev–Trinajstić information content (AvgIpc) is 3.20. The van der Waals surface area contributed by atoms with Gasteiger partial charge in [0, 0.05) is 18.0 Å². The summed E-state index contributed by atoms with van der Waals surface area (Å²) in [5.41, 5.74) is 1.63. The lowest BCUT2D eigenvalue weighted by atomic mass is 10.1. The van der Waals surface area contributed by atoms with Crippen molar-refractivity contribution in [1.82, 2.24) is 9.78 Å². The van der Waals surface area contributed by atoms with Gasteiger partial charge in [0.05, 0.1) is 18.4 Å². The van der Waals surface area contributed by atoms with Crippen molar-refractivity contribution in [2.75, 3.05) is 13.7 Å². The van der Waals surface area contributed by atoms with Crippen LogP contribution in [0.15, 0.2) is 67.0 Å². The zero-order valence-corrected chi connectivity index (χ0v) is 13.6. The van der Waals surface area contributed by atoms with Crippen molar-refractivity contribution >= 4 is 11.8 Å². The van der Waals surface area contributed by atoms with Crippen molar-refractivity contribution in [1.29, 1.82) is 0 Å². The van der Waals surface area contributed by atoms with Gasteiger partial charge in [0.25, 0.3) is 0 Å². The molecule has 0 bridgehead atoms. The highest BCUT2D eigenvalue weighted by Crippen LogP contribution is 2.14. The first kappa shape index (κ1) is 16.4. The van der Waals surface area contributed by atoms with Crippen LogP contribution in [0.5, 0.6) is 5.75 Å². The van der Waals surface area contributed by atoms with E-state index in [1.165, 1.54) is 7.11 Å². The van der Waals surface area contributed by atoms with Crippen molar-refractivity contribution in [3.8, 4) is 11.4 Å². The third-order valence-corrected chi connectivity index (χ3v) is 3.60. The van der Waals surface area contributed by atoms with Crippen molar-refractivity contribution in [2.45, 2.75) is 0 Å². The molecule has 126 valence electrons. The molecular weight excluding hydrogens is 320 g/mol. The zero-order chi connectivity index (χ0) is 17.6. The molecule has 3 aromatic rings. The molecule has 6 nitrogen and oxygen atoms in total. The Bertz CT molecular complexity index is 871. The highest BCUT2D eigenvalue weighted by Gasteiger charge is 2.12. The van der Waals surface area contributed by atoms with E-state index in [-0.39, 0.29) is 12.4 Å². The Balaban J connectivity index is 1.61. The van der Waals surface area contributed by atoms with E-state index in [0.29, 0.717) is 16.9 Å². The Morgan fingerprint density at radius 2 is 1.84 bits per heavy atom. The predicted octanol–water partition coefficient (Wildman–Crippen LogP) is 2.92. The van der Waals surface area contributed by atoms with Gasteiger partial charge in [-0.15, -0.1) is 0 Å². The maximum absolute atomic E-state index is 12.1. The molecule has 0 unspecified atom stereocenters. The number of nitrogens with zero attached hydrogens (tertiary/aromatic N) is 2. The number of esters is 1. The Kier molecular flexibility index (Phi) is 4.89. The van der Waals surface area contributed by atoms with E-state index in [0.717, 1.165) is 5.69 Å². The van der Waals surface area contributed by atoms with Crippen molar-refractivity contribution in [2.24, 2.45) is 0 Å². The average molecular weight is 336 g/mol. The number of hydrogen-bond acceptors (Lipinski definition) is 5. The molecule has 3 rings (SSSR count). The quantitative estimate of drug-likeness (QED) is 0.511. The molecule has 0 fully saturated rings. The normalized spacial score (nSPS) is 10.3. The third kappa shape index (κ3) is 3.92. The van der Waals surface area contributed by atoms with E-state index in [1.54, 1.807) is 65.6 Å². The smallest absolute Gasteiger partial charge is 0.338 e. The minimum absolute atomic E-state index is 0.291. The molecule has 0 aliphatic carbocycles. The summed E-state index contributed by atoms with van der Waals surface area (Å²) in [6.45, 7) is -0.326. The van der Waals surface area contributed by atoms with Gasteiger partial charge in [0.2, 0.25) is 0 Å². The van der Waals surface area contributed by atoms with Crippen molar-refractivity contribution in [3.63, 3.8) is 0 Å². The largest absolute Gasteiger partial charge is 0.497 e. The number of rotatable bonds is 6. The fourth-order valence-corrected chi connectivity index (χ4v) is 2.27. The minimum atomic E-state index is -0.553. The summed E-state index contributed by atoms with van der Waals surface area (Å²) in [6.07, 6.45) is 3.48. The lowest BCUT2D eigenvalue weighted by Crippen LogP contribution is -2.14. The van der Waals surface area contributed by atoms with Gasteiger partial charge in [0.15, 0.2) is 12.4 Å². The summed E-state index contributed by atoms with van der Waals surface area (Å²) in [6, 6.07) is 15.3. The molecule has 2 aromatic carbocycles. The SMILES string of the molecule is COc1cccc(C(=O)COC(=O)c2ccc(-n3cccn3)cc2)c1. The molecule has 1 heterocycles. The zero-order valence-electron chi connectivity index (χ0n) is 13.6. The molecule has 0 amide bonds. The highest BCUT2D eigenvalue weighted by atomic mass is 16.5. The molecule has 0 aliphatic heterocycles. The van der Waals surface area contributed by atoms with Crippen LogP contribution >= 0.6 is 0 Å². The first-order chi connectivity index (χ1) is 12.2. The first-order valence-corrected chi connectivity index (χ1v) is 7.62. The second-order valence-corrected chi connectivity index (χ2v) is 5.23. The molecule has 0 atom stereocenters. The van der Waals surface area contributed by atoms with Gasteiger partial charge in [-0.05, 0) is 42.5 Å². The summed E-state index contributed by atoms with van der Waals surface area (Å²) >= 11 is 0. The first-order valence-electron chi connectivity index (χ1n) is 7.62. The number of hydrogen-bond donors (Lipinski definition) is 0. The van der Waals surface area contributed by atoms with Gasteiger partial charge in [-0.3, -0.25) is 4.79 Å². The molecule has 0 aliphatic rings. The third-order valence-electron chi connectivity index (χ3n) is 3.60. The van der Waals surface area contributed by atoms with E-state index in [1.807, 2.05) is 6.07 Å². The van der Waals surface area contributed by atoms with Crippen LogP contribution in [0.3, 0.4) is 0 Å². The van der Waals surface area contributed by atoms with Crippen LogP contribution in [0.1, 0.15) is 20.7 Å². The second kappa shape index (κ2) is 7.44. The van der Waals surface area contributed by atoms with Crippen LogP contribution in [0, 0.1) is 0 Å². The van der Waals surface area contributed by atoms with Crippen LogP contribution in [-0.2, 0) is 4.74 Å². The number of carbonyl (C=O) groups is 2. The molecule has 0 saturated heterocycles. The minimum Gasteiger partial charge on any atom is -0.497 e. The van der Waals surface area contributed by atoms with E-state index in [4.69, 9.17) is 9.47 Å². The Morgan fingerprint density at radius 1 is 1.04 bits per heavy atom. The number of ketones is 1. The highest BCUT2D eigenvalue weighted by molar-refractivity contribution is 5.99. The molecule has 0 spiro atoms. The summed E-state index contributed by atoms with van der Waals surface area (Å²) in [5.74, 6) is -0.268. The number of aromatic nitrogens is 2. The molecule has 0 saturated carbocycles. The predicted molar refractivity (Wildman–Crippen MR) is 91.2 cm³/mol. The summed E-state index contributed by atoms with van der Waals surface area (Å²) < 4.78 is 11.9. The Hall–Kier alpha value is -3.41. The number of Topliss-reactive ketones (excluding diaryl/α,β-unsaturated/α-hetero) is 1. The van der Waals surface area contributed by atoms with Crippen LogP contribution in [0.25, 0.3) is 5.69 Å². The Morgan fingerprint density at radius 3 is 2.52 bits per heavy atom. The Labute approximate surface area is 144 Å². The van der Waals surface area contributed by atoms with Crippen LogP contribution in [0.4, 0.5) is 0 Å². The molecule has 6 heteroatoms. The van der Waals surface area contributed by atoms with Gasteiger partial charge >= 0.3 is 5.97 Å². The molecule has 1 aromatic heterocycles. The van der Waals surface area contributed by atoms with Crippen molar-refractivity contribution in [3.05, 3.63) is 78.1 Å². The van der Waals surface area contributed by atoms with E-state index in [9.17, 15) is 9.59 Å². The lowest BCUT2D eigenvalue weighted by Gasteiger charge is -2.07. The summed E-state index contributed by atoms with van der Waals surface area (Å²) in [4.78, 5) is 24.2. The number of carbonyl (C=O) groups excluding carboxylic acids is 2.